The van der Waals surface area contributed by atoms with Crippen LogP contribution in [-0.2, 0) is 11.3 Å². The van der Waals surface area contributed by atoms with Gasteiger partial charge in [0.2, 0.25) is 5.91 Å². The smallest absolute Gasteiger partial charge is 0.242 e. The van der Waals surface area contributed by atoms with Crippen LogP contribution in [0.4, 0.5) is 5.69 Å². The second-order valence-electron chi connectivity index (χ2n) is 4.81. The van der Waals surface area contributed by atoms with Gasteiger partial charge in [0.05, 0.1) is 20.8 Å². The fourth-order valence-corrected chi connectivity index (χ4v) is 2.35. The minimum Gasteiger partial charge on any atom is -0.508 e. The lowest BCUT2D eigenvalue weighted by Crippen LogP contribution is -2.31. The average Bonchev–Trinajstić information content (AvgIpc) is 2.58. The molecule has 0 aliphatic carbocycles. The van der Waals surface area contributed by atoms with Crippen LogP contribution in [-0.4, -0.2) is 31.1 Å². The van der Waals surface area contributed by atoms with Crippen LogP contribution in [0.3, 0.4) is 0 Å². The molecule has 6 heteroatoms. The zero-order valence-corrected chi connectivity index (χ0v) is 13.7. The van der Waals surface area contributed by atoms with E-state index in [2.05, 4.69) is 0 Å². The molecule has 0 aliphatic rings. The van der Waals surface area contributed by atoms with Crippen LogP contribution in [0, 0.1) is 0 Å². The first-order chi connectivity index (χ1) is 11.1. The van der Waals surface area contributed by atoms with Crippen LogP contribution < -0.4 is 14.4 Å². The van der Waals surface area contributed by atoms with Crippen molar-refractivity contribution in [3.05, 3.63) is 48.0 Å². The van der Waals surface area contributed by atoms with Crippen molar-refractivity contribution in [3.63, 3.8) is 0 Å². The molecule has 23 heavy (non-hydrogen) atoms. The number of alkyl halides is 1. The van der Waals surface area contributed by atoms with Gasteiger partial charge < -0.3 is 19.5 Å². The fourth-order valence-electron chi connectivity index (χ4n) is 2.21. The number of hydrogen-bond acceptors (Lipinski definition) is 4. The summed E-state index contributed by atoms with van der Waals surface area (Å²) >= 11 is 5.72. The van der Waals surface area contributed by atoms with Crippen molar-refractivity contribution in [2.45, 2.75) is 6.54 Å². The van der Waals surface area contributed by atoms with E-state index < -0.39 is 0 Å². The lowest BCUT2D eigenvalue weighted by atomic mass is 10.1. The van der Waals surface area contributed by atoms with Crippen molar-refractivity contribution < 1.29 is 19.4 Å². The topological polar surface area (TPSA) is 59.0 Å². The van der Waals surface area contributed by atoms with Gasteiger partial charge in [-0.2, -0.15) is 0 Å². The van der Waals surface area contributed by atoms with E-state index in [0.29, 0.717) is 17.2 Å². The van der Waals surface area contributed by atoms with Crippen LogP contribution in [0.2, 0.25) is 0 Å². The average molecular weight is 336 g/mol. The van der Waals surface area contributed by atoms with E-state index in [1.807, 2.05) is 6.07 Å². The third-order valence-corrected chi connectivity index (χ3v) is 3.61. The van der Waals surface area contributed by atoms with Crippen molar-refractivity contribution in [1.29, 1.82) is 0 Å². The molecule has 0 atom stereocenters. The number of halogens is 1. The number of hydrogen-bond donors (Lipinski definition) is 1. The van der Waals surface area contributed by atoms with Gasteiger partial charge in [0.25, 0.3) is 0 Å². The van der Waals surface area contributed by atoms with E-state index in [0.717, 1.165) is 5.56 Å². The Morgan fingerprint density at radius 3 is 2.57 bits per heavy atom. The Labute approximate surface area is 140 Å². The molecule has 0 radical (unpaired) electrons. The highest BCUT2D eigenvalue weighted by Gasteiger charge is 2.18. The lowest BCUT2D eigenvalue weighted by molar-refractivity contribution is -0.116. The van der Waals surface area contributed by atoms with E-state index in [1.165, 1.54) is 11.0 Å². The molecule has 2 aromatic rings. The van der Waals surface area contributed by atoms with E-state index in [-0.39, 0.29) is 24.1 Å². The van der Waals surface area contributed by atoms with Gasteiger partial charge in [-0.25, -0.2) is 0 Å². The van der Waals surface area contributed by atoms with Crippen LogP contribution in [0.25, 0.3) is 0 Å². The summed E-state index contributed by atoms with van der Waals surface area (Å²) in [6.45, 7) is 0.266. The standard InChI is InChI=1S/C17H18ClNO4/c1-22-15-7-6-12(16(9-15)23-2)11-19(17(21)10-18)13-4-3-5-14(20)8-13/h3-9,20H,10-11H2,1-2H3. The SMILES string of the molecule is COc1ccc(CN(C(=O)CCl)c2cccc(O)c2)c(OC)c1. The minimum atomic E-state index is -0.268. The number of phenols is 1. The molecule has 0 aliphatic heterocycles. The molecule has 0 saturated heterocycles. The summed E-state index contributed by atoms with van der Waals surface area (Å²) in [6, 6.07) is 11.8. The molecule has 2 aromatic carbocycles. The summed E-state index contributed by atoms with van der Waals surface area (Å²) in [5.74, 6) is 0.926. The number of amides is 1. The molecule has 122 valence electrons. The number of nitrogens with zero attached hydrogens (tertiary/aromatic N) is 1. The third-order valence-electron chi connectivity index (χ3n) is 3.38. The van der Waals surface area contributed by atoms with E-state index in [9.17, 15) is 9.90 Å². The van der Waals surface area contributed by atoms with E-state index >= 15 is 0 Å². The highest BCUT2D eigenvalue weighted by molar-refractivity contribution is 6.29. The van der Waals surface area contributed by atoms with Crippen molar-refractivity contribution >= 4 is 23.2 Å². The molecule has 0 saturated carbocycles. The maximum Gasteiger partial charge on any atom is 0.242 e. The van der Waals surface area contributed by atoms with Gasteiger partial charge in [-0.05, 0) is 24.3 Å². The molecule has 0 bridgehead atoms. The van der Waals surface area contributed by atoms with Gasteiger partial charge in [0.1, 0.15) is 23.1 Å². The molecular formula is C17H18ClNO4. The second-order valence-corrected chi connectivity index (χ2v) is 5.08. The Hall–Kier alpha value is -2.40. The van der Waals surface area contributed by atoms with Crippen molar-refractivity contribution in [2.75, 3.05) is 25.0 Å². The summed E-state index contributed by atoms with van der Waals surface area (Å²) in [4.78, 5) is 13.7. The number of benzene rings is 2. The highest BCUT2D eigenvalue weighted by atomic mass is 35.5. The van der Waals surface area contributed by atoms with Crippen LogP contribution >= 0.6 is 11.6 Å². The number of aromatic hydroxyl groups is 1. The van der Waals surface area contributed by atoms with Crippen molar-refractivity contribution in [1.82, 2.24) is 0 Å². The quantitative estimate of drug-likeness (QED) is 0.824. The zero-order chi connectivity index (χ0) is 16.8. The monoisotopic (exact) mass is 335 g/mol. The third kappa shape index (κ3) is 4.07. The van der Waals surface area contributed by atoms with Crippen LogP contribution in [0.15, 0.2) is 42.5 Å². The molecule has 1 amide bonds. The van der Waals surface area contributed by atoms with Gasteiger partial charge in [-0.15, -0.1) is 11.6 Å². The fraction of sp³-hybridized carbons (Fsp3) is 0.235. The Kier molecular flexibility index (Phi) is 5.71. The molecule has 5 nitrogen and oxygen atoms in total. The summed E-state index contributed by atoms with van der Waals surface area (Å²) in [5, 5.41) is 9.64. The van der Waals surface area contributed by atoms with Crippen LogP contribution in [0.1, 0.15) is 5.56 Å². The maximum atomic E-state index is 12.2. The number of phenolic OH excluding ortho intramolecular Hbond substituents is 1. The largest absolute Gasteiger partial charge is 0.508 e. The number of carbonyl (C=O) groups excluding carboxylic acids is 1. The number of carbonyl (C=O) groups is 1. The Morgan fingerprint density at radius 1 is 1.17 bits per heavy atom. The number of ether oxygens (including phenoxy) is 2. The summed E-state index contributed by atoms with van der Waals surface area (Å²) in [5.41, 5.74) is 1.36. The summed E-state index contributed by atoms with van der Waals surface area (Å²) in [7, 11) is 3.13. The summed E-state index contributed by atoms with van der Waals surface area (Å²) < 4.78 is 10.5. The minimum absolute atomic E-state index is 0.0802. The van der Waals surface area contributed by atoms with Crippen molar-refractivity contribution in [2.24, 2.45) is 0 Å². The first kappa shape index (κ1) is 17.0. The lowest BCUT2D eigenvalue weighted by Gasteiger charge is -2.23. The van der Waals surface area contributed by atoms with E-state index in [4.69, 9.17) is 21.1 Å². The van der Waals surface area contributed by atoms with Gasteiger partial charge in [-0.1, -0.05) is 6.07 Å². The molecule has 1 N–H and O–H groups in total. The highest BCUT2D eigenvalue weighted by Crippen LogP contribution is 2.28. The van der Waals surface area contributed by atoms with E-state index in [1.54, 1.807) is 44.6 Å². The summed E-state index contributed by atoms with van der Waals surface area (Å²) in [6.07, 6.45) is 0. The molecule has 2 rings (SSSR count). The predicted molar refractivity (Wildman–Crippen MR) is 89.6 cm³/mol. The number of rotatable bonds is 6. The Morgan fingerprint density at radius 2 is 1.96 bits per heavy atom. The molecule has 0 fully saturated rings. The number of methoxy groups -OCH3 is 2. The first-order valence-electron chi connectivity index (χ1n) is 6.95. The molecule has 0 aromatic heterocycles. The van der Waals surface area contributed by atoms with Crippen molar-refractivity contribution in [3.8, 4) is 17.2 Å². The maximum absolute atomic E-state index is 12.2. The molecule has 0 spiro atoms. The van der Waals surface area contributed by atoms with Gasteiger partial charge >= 0.3 is 0 Å². The predicted octanol–water partition coefficient (Wildman–Crippen LogP) is 3.18. The van der Waals surface area contributed by atoms with Crippen LogP contribution in [0.5, 0.6) is 17.2 Å². The van der Waals surface area contributed by atoms with Gasteiger partial charge in [0, 0.05) is 23.4 Å². The van der Waals surface area contributed by atoms with Gasteiger partial charge in [0.15, 0.2) is 0 Å². The second kappa shape index (κ2) is 7.74. The normalized spacial score (nSPS) is 10.2. The molecule has 0 unspecified atom stereocenters. The van der Waals surface area contributed by atoms with Gasteiger partial charge in [-0.3, -0.25) is 4.79 Å². The Balaban J connectivity index is 2.37. The Bertz CT molecular complexity index is 690. The first-order valence-corrected chi connectivity index (χ1v) is 7.48. The molecule has 0 heterocycles. The molecular weight excluding hydrogens is 318 g/mol. The number of anilines is 1. The zero-order valence-electron chi connectivity index (χ0n) is 13.0.